The smallest absolute Gasteiger partial charge is 0.323 e. The van der Waals surface area contributed by atoms with E-state index in [1.807, 2.05) is 6.07 Å². The standard InChI is InChI=1S/C13H18BrNO4/c1-4-19-13(16)10(15)6-8-5-9(14)7-11(17-2)12(8)18-3/h5,7,10H,4,6,15H2,1-3H3. The number of hydrogen-bond acceptors (Lipinski definition) is 5. The molecule has 106 valence electrons. The predicted octanol–water partition coefficient (Wildman–Crippen LogP) is 1.90. The molecule has 19 heavy (non-hydrogen) atoms. The molecule has 0 aliphatic rings. The molecule has 0 saturated carbocycles. The van der Waals surface area contributed by atoms with E-state index in [2.05, 4.69) is 15.9 Å². The molecule has 0 bridgehead atoms. The molecule has 1 unspecified atom stereocenters. The Hall–Kier alpha value is -1.27. The van der Waals surface area contributed by atoms with Gasteiger partial charge in [0.05, 0.1) is 20.8 Å². The summed E-state index contributed by atoms with van der Waals surface area (Å²) in [6, 6.07) is 2.91. The van der Waals surface area contributed by atoms with E-state index >= 15 is 0 Å². The molecule has 1 aromatic carbocycles. The van der Waals surface area contributed by atoms with Crippen molar-refractivity contribution >= 4 is 21.9 Å². The molecular formula is C13H18BrNO4. The highest BCUT2D eigenvalue weighted by atomic mass is 79.9. The van der Waals surface area contributed by atoms with Gasteiger partial charge in [-0.15, -0.1) is 0 Å². The lowest BCUT2D eigenvalue weighted by Gasteiger charge is -2.16. The second-order valence-corrected chi connectivity index (χ2v) is 4.78. The minimum Gasteiger partial charge on any atom is -0.493 e. The van der Waals surface area contributed by atoms with Gasteiger partial charge in [0.2, 0.25) is 0 Å². The Morgan fingerprint density at radius 2 is 2.05 bits per heavy atom. The van der Waals surface area contributed by atoms with Gasteiger partial charge in [-0.2, -0.15) is 0 Å². The summed E-state index contributed by atoms with van der Waals surface area (Å²) in [5, 5.41) is 0. The molecule has 1 aromatic rings. The van der Waals surface area contributed by atoms with Gasteiger partial charge in [-0.05, 0) is 19.1 Å². The van der Waals surface area contributed by atoms with Crippen LogP contribution < -0.4 is 15.2 Å². The topological polar surface area (TPSA) is 70.8 Å². The van der Waals surface area contributed by atoms with E-state index < -0.39 is 12.0 Å². The average Bonchev–Trinajstić information content (AvgIpc) is 2.38. The molecule has 1 atom stereocenters. The first-order valence-corrected chi connectivity index (χ1v) is 6.65. The summed E-state index contributed by atoms with van der Waals surface area (Å²) in [4.78, 5) is 11.6. The summed E-state index contributed by atoms with van der Waals surface area (Å²) < 4.78 is 16.3. The number of carbonyl (C=O) groups excluding carboxylic acids is 1. The second-order valence-electron chi connectivity index (χ2n) is 3.86. The zero-order valence-electron chi connectivity index (χ0n) is 11.2. The van der Waals surface area contributed by atoms with E-state index in [0.717, 1.165) is 10.0 Å². The molecule has 0 spiro atoms. The van der Waals surface area contributed by atoms with E-state index in [0.29, 0.717) is 24.5 Å². The van der Waals surface area contributed by atoms with Crippen LogP contribution in [0.2, 0.25) is 0 Å². The highest BCUT2D eigenvalue weighted by Crippen LogP contribution is 2.35. The number of hydrogen-bond donors (Lipinski definition) is 1. The fourth-order valence-corrected chi connectivity index (χ4v) is 2.21. The Balaban J connectivity index is 2.99. The predicted molar refractivity (Wildman–Crippen MR) is 75.6 cm³/mol. The van der Waals surface area contributed by atoms with Crippen LogP contribution in [0.3, 0.4) is 0 Å². The molecule has 0 aliphatic heterocycles. The Morgan fingerprint density at radius 1 is 1.37 bits per heavy atom. The van der Waals surface area contributed by atoms with Crippen LogP contribution in [-0.4, -0.2) is 32.8 Å². The molecule has 5 nitrogen and oxygen atoms in total. The molecule has 6 heteroatoms. The number of rotatable bonds is 6. The van der Waals surface area contributed by atoms with Crippen LogP contribution in [0.1, 0.15) is 12.5 Å². The van der Waals surface area contributed by atoms with E-state index in [9.17, 15) is 4.79 Å². The van der Waals surface area contributed by atoms with Gasteiger partial charge in [0.1, 0.15) is 6.04 Å². The first-order valence-electron chi connectivity index (χ1n) is 5.86. The van der Waals surface area contributed by atoms with Crippen LogP contribution in [0.4, 0.5) is 0 Å². The SMILES string of the molecule is CCOC(=O)C(N)Cc1cc(Br)cc(OC)c1OC. The monoisotopic (exact) mass is 331 g/mol. The van der Waals surface area contributed by atoms with Crippen LogP contribution in [0.15, 0.2) is 16.6 Å². The van der Waals surface area contributed by atoms with Gasteiger partial charge in [0, 0.05) is 16.5 Å². The van der Waals surface area contributed by atoms with Crippen LogP contribution >= 0.6 is 15.9 Å². The van der Waals surface area contributed by atoms with Gasteiger partial charge in [-0.1, -0.05) is 15.9 Å². The molecule has 0 saturated heterocycles. The summed E-state index contributed by atoms with van der Waals surface area (Å²) in [6.45, 7) is 2.05. The quantitative estimate of drug-likeness (QED) is 0.806. The molecule has 0 fully saturated rings. The van der Waals surface area contributed by atoms with Gasteiger partial charge >= 0.3 is 5.97 Å². The third-order valence-corrected chi connectivity index (χ3v) is 3.01. The van der Waals surface area contributed by atoms with Gasteiger partial charge in [-0.25, -0.2) is 0 Å². The number of benzene rings is 1. The van der Waals surface area contributed by atoms with E-state index in [-0.39, 0.29) is 0 Å². The zero-order valence-corrected chi connectivity index (χ0v) is 12.8. The van der Waals surface area contributed by atoms with Crippen molar-refractivity contribution in [1.29, 1.82) is 0 Å². The maximum absolute atomic E-state index is 11.6. The highest BCUT2D eigenvalue weighted by molar-refractivity contribution is 9.10. The zero-order chi connectivity index (χ0) is 14.4. The molecular weight excluding hydrogens is 314 g/mol. The lowest BCUT2D eigenvalue weighted by molar-refractivity contribution is -0.144. The molecule has 0 heterocycles. The Morgan fingerprint density at radius 3 is 2.58 bits per heavy atom. The Kier molecular flexibility index (Phi) is 6.11. The number of halogens is 1. The Labute approximate surface area is 121 Å². The van der Waals surface area contributed by atoms with Gasteiger partial charge in [-0.3, -0.25) is 4.79 Å². The summed E-state index contributed by atoms with van der Waals surface area (Å²) in [5.74, 6) is 0.733. The van der Waals surface area contributed by atoms with Crippen LogP contribution in [-0.2, 0) is 16.0 Å². The largest absolute Gasteiger partial charge is 0.493 e. The maximum Gasteiger partial charge on any atom is 0.323 e. The average molecular weight is 332 g/mol. The minimum absolute atomic E-state index is 0.311. The molecule has 0 aliphatic carbocycles. The second kappa shape index (κ2) is 7.35. The Bertz CT molecular complexity index is 451. The third-order valence-electron chi connectivity index (χ3n) is 2.55. The number of nitrogens with two attached hydrogens (primary N) is 1. The van der Waals surface area contributed by atoms with Crippen LogP contribution in [0.25, 0.3) is 0 Å². The van der Waals surface area contributed by atoms with Crippen molar-refractivity contribution in [3.05, 3.63) is 22.2 Å². The fraction of sp³-hybridized carbons (Fsp3) is 0.462. The molecule has 1 rings (SSSR count). The summed E-state index contributed by atoms with van der Waals surface area (Å²) in [6.07, 6.45) is 0.317. The minimum atomic E-state index is -0.729. The van der Waals surface area contributed by atoms with Crippen molar-refractivity contribution in [2.75, 3.05) is 20.8 Å². The van der Waals surface area contributed by atoms with Gasteiger partial charge in [0.25, 0.3) is 0 Å². The van der Waals surface area contributed by atoms with E-state index in [4.69, 9.17) is 19.9 Å². The summed E-state index contributed by atoms with van der Waals surface area (Å²) >= 11 is 3.38. The van der Waals surface area contributed by atoms with E-state index in [1.54, 1.807) is 27.2 Å². The first kappa shape index (κ1) is 15.8. The normalized spacial score (nSPS) is 11.8. The van der Waals surface area contributed by atoms with Crippen LogP contribution in [0.5, 0.6) is 11.5 Å². The van der Waals surface area contributed by atoms with Crippen molar-refractivity contribution in [1.82, 2.24) is 0 Å². The maximum atomic E-state index is 11.6. The number of carbonyl (C=O) groups is 1. The van der Waals surface area contributed by atoms with Gasteiger partial charge < -0.3 is 19.9 Å². The molecule has 0 radical (unpaired) electrons. The fourth-order valence-electron chi connectivity index (χ4n) is 1.73. The summed E-state index contributed by atoms with van der Waals surface area (Å²) in [5.41, 5.74) is 6.60. The van der Waals surface area contributed by atoms with Gasteiger partial charge in [0.15, 0.2) is 11.5 Å². The molecule has 2 N–H and O–H groups in total. The third kappa shape index (κ3) is 4.11. The highest BCUT2D eigenvalue weighted by Gasteiger charge is 2.20. The van der Waals surface area contributed by atoms with Crippen molar-refractivity contribution in [2.24, 2.45) is 5.73 Å². The number of ether oxygens (including phenoxy) is 3. The lowest BCUT2D eigenvalue weighted by atomic mass is 10.0. The number of esters is 1. The lowest BCUT2D eigenvalue weighted by Crippen LogP contribution is -2.34. The van der Waals surface area contributed by atoms with E-state index in [1.165, 1.54) is 0 Å². The summed E-state index contributed by atoms with van der Waals surface area (Å²) in [7, 11) is 3.10. The van der Waals surface area contributed by atoms with Crippen LogP contribution in [0, 0.1) is 0 Å². The van der Waals surface area contributed by atoms with Crippen molar-refractivity contribution in [3.63, 3.8) is 0 Å². The molecule has 0 aromatic heterocycles. The molecule has 0 amide bonds. The van der Waals surface area contributed by atoms with Crippen molar-refractivity contribution < 1.29 is 19.0 Å². The number of methoxy groups -OCH3 is 2. The first-order chi connectivity index (χ1) is 9.03. The van der Waals surface area contributed by atoms with Crippen molar-refractivity contribution in [2.45, 2.75) is 19.4 Å². The van der Waals surface area contributed by atoms with Crippen molar-refractivity contribution in [3.8, 4) is 11.5 Å².